The first-order valence-electron chi connectivity index (χ1n) is 5.93. The highest BCUT2D eigenvalue weighted by atomic mass is 35.5. The Balaban J connectivity index is 2.54. The average molecular weight is 271 g/mol. The molecule has 1 aromatic rings. The Labute approximate surface area is 112 Å². The first-order valence-corrected chi connectivity index (χ1v) is 6.47. The Morgan fingerprint density at radius 2 is 2.28 bits per heavy atom. The molecule has 0 spiro atoms. The van der Waals surface area contributed by atoms with E-state index in [1.165, 1.54) is 18.5 Å². The summed E-state index contributed by atoms with van der Waals surface area (Å²) in [4.78, 5) is 15.6. The number of aromatic nitrogens is 1. The summed E-state index contributed by atoms with van der Waals surface area (Å²) in [6, 6.07) is 1.50. The predicted octanol–water partition coefficient (Wildman–Crippen LogP) is 2.56. The smallest absolute Gasteiger partial charge is 0.255 e. The van der Waals surface area contributed by atoms with Gasteiger partial charge in [-0.25, -0.2) is 0 Å². The van der Waals surface area contributed by atoms with E-state index >= 15 is 0 Å². The number of hydrogen-bond donors (Lipinski definition) is 2. The maximum absolute atomic E-state index is 11.9. The fraction of sp³-hybridized carbons (Fsp3) is 0.538. The van der Waals surface area contributed by atoms with Crippen molar-refractivity contribution in [2.75, 3.05) is 12.4 Å². The topological polar surface area (TPSA) is 62.2 Å². The molecule has 1 aromatic heterocycles. The van der Waals surface area contributed by atoms with Crippen molar-refractivity contribution in [3.8, 4) is 5.75 Å². The molecule has 18 heavy (non-hydrogen) atoms. The summed E-state index contributed by atoms with van der Waals surface area (Å²) in [5.74, 6) is 0.241. The summed E-state index contributed by atoms with van der Waals surface area (Å²) < 4.78 is 0. The van der Waals surface area contributed by atoms with Gasteiger partial charge in [0.1, 0.15) is 5.75 Å². The minimum atomic E-state index is -0.283. The molecule has 1 amide bonds. The zero-order valence-corrected chi connectivity index (χ0v) is 11.5. The number of rotatable bonds is 6. The van der Waals surface area contributed by atoms with E-state index in [0.29, 0.717) is 12.4 Å². The van der Waals surface area contributed by atoms with Gasteiger partial charge in [0.25, 0.3) is 5.91 Å². The largest absolute Gasteiger partial charge is 0.505 e. The first kappa shape index (κ1) is 14.8. The summed E-state index contributed by atoms with van der Waals surface area (Å²) in [6.45, 7) is 4.70. The molecule has 0 fully saturated rings. The van der Waals surface area contributed by atoms with Crippen LogP contribution >= 0.6 is 11.6 Å². The molecule has 5 heteroatoms. The highest BCUT2D eigenvalue weighted by Gasteiger charge is 2.19. The van der Waals surface area contributed by atoms with E-state index in [1.54, 1.807) is 0 Å². The highest BCUT2D eigenvalue weighted by molar-refractivity contribution is 6.17. The van der Waals surface area contributed by atoms with Gasteiger partial charge >= 0.3 is 0 Å². The Morgan fingerprint density at radius 3 is 2.89 bits per heavy atom. The normalized spacial score (nSPS) is 11.3. The molecule has 0 aromatic carbocycles. The molecule has 1 heterocycles. The number of carbonyl (C=O) groups is 1. The van der Waals surface area contributed by atoms with E-state index in [9.17, 15) is 9.90 Å². The second-order valence-corrected chi connectivity index (χ2v) is 5.41. The van der Waals surface area contributed by atoms with Crippen LogP contribution in [0.25, 0.3) is 0 Å². The van der Waals surface area contributed by atoms with E-state index in [-0.39, 0.29) is 22.6 Å². The summed E-state index contributed by atoms with van der Waals surface area (Å²) >= 11 is 5.66. The lowest BCUT2D eigenvalue weighted by molar-refractivity contribution is 0.0931. The van der Waals surface area contributed by atoms with Gasteiger partial charge in [-0.15, -0.1) is 11.6 Å². The standard InChI is InChI=1S/C13H19ClN2O2/c1-13(2,5-3-6-14)9-16-12(18)10-4-7-15-8-11(10)17/h4,7-8,17H,3,5-6,9H2,1-2H3,(H,16,18). The Bertz CT molecular complexity index is 408. The third kappa shape index (κ3) is 4.53. The maximum Gasteiger partial charge on any atom is 0.255 e. The minimum Gasteiger partial charge on any atom is -0.505 e. The molecule has 1 rings (SSSR count). The van der Waals surface area contributed by atoms with Crippen molar-refractivity contribution < 1.29 is 9.90 Å². The first-order chi connectivity index (χ1) is 8.46. The fourth-order valence-corrected chi connectivity index (χ4v) is 1.76. The second kappa shape index (κ2) is 6.59. The number of carbonyl (C=O) groups excluding carboxylic acids is 1. The van der Waals surface area contributed by atoms with Crippen molar-refractivity contribution in [3.05, 3.63) is 24.0 Å². The van der Waals surface area contributed by atoms with Crippen molar-refractivity contribution in [2.24, 2.45) is 5.41 Å². The zero-order valence-electron chi connectivity index (χ0n) is 10.7. The van der Waals surface area contributed by atoms with Crippen LogP contribution in [0.4, 0.5) is 0 Å². The van der Waals surface area contributed by atoms with Gasteiger partial charge in [0.15, 0.2) is 0 Å². The molecule has 100 valence electrons. The van der Waals surface area contributed by atoms with Gasteiger partial charge < -0.3 is 10.4 Å². The highest BCUT2D eigenvalue weighted by Crippen LogP contribution is 2.22. The van der Waals surface area contributed by atoms with E-state index in [2.05, 4.69) is 24.1 Å². The quantitative estimate of drug-likeness (QED) is 0.781. The van der Waals surface area contributed by atoms with Gasteiger partial charge in [0, 0.05) is 18.6 Å². The van der Waals surface area contributed by atoms with Crippen molar-refractivity contribution >= 4 is 17.5 Å². The predicted molar refractivity (Wildman–Crippen MR) is 72.0 cm³/mol. The third-order valence-electron chi connectivity index (χ3n) is 2.76. The lowest BCUT2D eigenvalue weighted by Crippen LogP contribution is -2.34. The van der Waals surface area contributed by atoms with E-state index in [1.807, 2.05) is 0 Å². The lowest BCUT2D eigenvalue weighted by atomic mass is 9.88. The molecule has 0 saturated carbocycles. The fourth-order valence-electron chi connectivity index (χ4n) is 1.63. The molecule has 4 nitrogen and oxygen atoms in total. The van der Waals surface area contributed by atoms with Crippen LogP contribution in [0.3, 0.4) is 0 Å². The maximum atomic E-state index is 11.9. The minimum absolute atomic E-state index is 0.00675. The van der Waals surface area contributed by atoms with E-state index in [4.69, 9.17) is 11.6 Å². The van der Waals surface area contributed by atoms with Crippen molar-refractivity contribution in [1.82, 2.24) is 10.3 Å². The molecule has 0 radical (unpaired) electrons. The van der Waals surface area contributed by atoms with Crippen LogP contribution in [-0.4, -0.2) is 28.4 Å². The average Bonchev–Trinajstić information content (AvgIpc) is 2.34. The van der Waals surface area contributed by atoms with Gasteiger partial charge in [-0.1, -0.05) is 13.8 Å². The Morgan fingerprint density at radius 1 is 1.56 bits per heavy atom. The number of amides is 1. The molecule has 0 saturated heterocycles. The molecule has 0 aliphatic rings. The zero-order chi connectivity index (χ0) is 13.6. The van der Waals surface area contributed by atoms with Crippen LogP contribution in [0.15, 0.2) is 18.5 Å². The van der Waals surface area contributed by atoms with Crippen LogP contribution in [0.5, 0.6) is 5.75 Å². The van der Waals surface area contributed by atoms with Crippen LogP contribution < -0.4 is 5.32 Å². The van der Waals surface area contributed by atoms with Crippen LogP contribution in [-0.2, 0) is 0 Å². The van der Waals surface area contributed by atoms with Gasteiger partial charge in [0.2, 0.25) is 0 Å². The molecular formula is C13H19ClN2O2. The number of nitrogens with zero attached hydrogens (tertiary/aromatic N) is 1. The van der Waals surface area contributed by atoms with Crippen LogP contribution in [0, 0.1) is 5.41 Å². The molecule has 0 aliphatic heterocycles. The van der Waals surface area contributed by atoms with Gasteiger partial charge in [-0.3, -0.25) is 9.78 Å². The van der Waals surface area contributed by atoms with Gasteiger partial charge in [0.05, 0.1) is 11.8 Å². The van der Waals surface area contributed by atoms with Crippen LogP contribution in [0.2, 0.25) is 0 Å². The molecule has 2 N–H and O–H groups in total. The molecule has 0 unspecified atom stereocenters. The third-order valence-corrected chi connectivity index (χ3v) is 3.03. The summed E-state index contributed by atoms with van der Waals surface area (Å²) in [7, 11) is 0. The van der Waals surface area contributed by atoms with Gasteiger partial charge in [-0.2, -0.15) is 0 Å². The molecular weight excluding hydrogens is 252 g/mol. The van der Waals surface area contributed by atoms with Crippen molar-refractivity contribution in [1.29, 1.82) is 0 Å². The summed E-state index contributed by atoms with van der Waals surface area (Å²) in [6.07, 6.45) is 4.60. The van der Waals surface area contributed by atoms with E-state index < -0.39 is 0 Å². The van der Waals surface area contributed by atoms with Gasteiger partial charge in [-0.05, 0) is 24.3 Å². The molecule has 0 bridgehead atoms. The Kier molecular flexibility index (Phi) is 5.41. The number of hydrogen-bond acceptors (Lipinski definition) is 3. The number of alkyl halides is 1. The van der Waals surface area contributed by atoms with Crippen LogP contribution in [0.1, 0.15) is 37.0 Å². The number of nitrogens with one attached hydrogen (secondary N) is 1. The number of halogens is 1. The number of pyridine rings is 1. The lowest BCUT2D eigenvalue weighted by Gasteiger charge is -2.24. The summed E-state index contributed by atoms with van der Waals surface area (Å²) in [5, 5.41) is 12.3. The number of aromatic hydroxyl groups is 1. The van der Waals surface area contributed by atoms with Crippen molar-refractivity contribution in [3.63, 3.8) is 0 Å². The monoisotopic (exact) mass is 270 g/mol. The van der Waals surface area contributed by atoms with E-state index in [0.717, 1.165) is 12.8 Å². The molecule has 0 atom stereocenters. The van der Waals surface area contributed by atoms with Crippen molar-refractivity contribution in [2.45, 2.75) is 26.7 Å². The second-order valence-electron chi connectivity index (χ2n) is 5.03. The Hall–Kier alpha value is -1.29. The molecule has 0 aliphatic carbocycles. The summed E-state index contributed by atoms with van der Waals surface area (Å²) in [5.41, 5.74) is 0.242. The SMILES string of the molecule is CC(C)(CCCCl)CNC(=O)c1ccncc1O.